The van der Waals surface area contributed by atoms with Crippen LogP contribution in [0.1, 0.15) is 16.7 Å². The van der Waals surface area contributed by atoms with Gasteiger partial charge in [0.25, 0.3) is 0 Å². The molecular weight excluding hydrogens is 368 g/mol. The van der Waals surface area contributed by atoms with E-state index in [0.29, 0.717) is 19.0 Å². The third kappa shape index (κ3) is 4.62. The average molecular weight is 394 g/mol. The molecule has 0 saturated carbocycles. The maximum Gasteiger partial charge on any atom is 0.242 e. The molecule has 2 aromatic rings. The summed E-state index contributed by atoms with van der Waals surface area (Å²) >= 11 is 0. The highest BCUT2D eigenvalue weighted by molar-refractivity contribution is 5.86. The molecule has 0 aliphatic carbocycles. The van der Waals surface area contributed by atoms with Crippen molar-refractivity contribution >= 4 is 11.9 Å². The minimum absolute atomic E-state index is 0.0817. The molecule has 0 bridgehead atoms. The lowest BCUT2D eigenvalue weighted by atomic mass is 10.00. The van der Waals surface area contributed by atoms with Crippen LogP contribution in [0.15, 0.2) is 47.5 Å². The Hall–Kier alpha value is -3.22. The molecule has 7 nitrogen and oxygen atoms in total. The molecule has 4 rings (SSSR count). The number of rotatable bonds is 5. The number of ether oxygens (including phenoxy) is 2. The molecule has 1 amide bonds. The van der Waals surface area contributed by atoms with Crippen LogP contribution in [0, 0.1) is 0 Å². The van der Waals surface area contributed by atoms with E-state index in [1.807, 2.05) is 29.2 Å². The van der Waals surface area contributed by atoms with Gasteiger partial charge in [0.2, 0.25) is 12.7 Å². The Kier molecular flexibility index (Phi) is 5.84. The number of amides is 1. The normalized spacial score (nSPS) is 15.1. The van der Waals surface area contributed by atoms with Crippen LogP contribution in [-0.2, 0) is 24.2 Å². The van der Waals surface area contributed by atoms with Crippen LogP contribution in [0.25, 0.3) is 0 Å². The lowest BCUT2D eigenvalue weighted by Crippen LogP contribution is -2.46. The molecule has 152 valence electrons. The number of carbonyl (C=O) groups is 1. The van der Waals surface area contributed by atoms with E-state index in [0.717, 1.165) is 36.4 Å². The summed E-state index contributed by atoms with van der Waals surface area (Å²) in [5, 5.41) is 6.38. The highest BCUT2D eigenvalue weighted by Gasteiger charge is 2.20. The van der Waals surface area contributed by atoms with Crippen molar-refractivity contribution in [2.24, 2.45) is 4.99 Å². The van der Waals surface area contributed by atoms with Crippen molar-refractivity contribution in [2.45, 2.75) is 19.4 Å². The summed E-state index contributed by atoms with van der Waals surface area (Å²) in [6, 6.07) is 14.3. The Morgan fingerprint density at radius 1 is 1.10 bits per heavy atom. The Morgan fingerprint density at radius 3 is 2.79 bits per heavy atom. The Balaban J connectivity index is 1.22. The van der Waals surface area contributed by atoms with Gasteiger partial charge >= 0.3 is 0 Å². The summed E-state index contributed by atoms with van der Waals surface area (Å²) < 4.78 is 10.7. The zero-order valence-corrected chi connectivity index (χ0v) is 16.6. The van der Waals surface area contributed by atoms with Crippen LogP contribution in [-0.4, -0.2) is 50.2 Å². The van der Waals surface area contributed by atoms with Crippen LogP contribution >= 0.6 is 0 Å². The molecule has 2 aliphatic heterocycles. The first kappa shape index (κ1) is 19.1. The number of hydrogen-bond acceptors (Lipinski definition) is 4. The molecule has 2 aliphatic rings. The van der Waals surface area contributed by atoms with E-state index in [4.69, 9.17) is 9.47 Å². The molecule has 29 heavy (non-hydrogen) atoms. The first-order valence-corrected chi connectivity index (χ1v) is 9.90. The number of nitrogens with one attached hydrogen (secondary N) is 2. The zero-order chi connectivity index (χ0) is 20.1. The van der Waals surface area contributed by atoms with E-state index in [1.54, 1.807) is 7.05 Å². The van der Waals surface area contributed by atoms with E-state index >= 15 is 0 Å². The number of nitrogens with zero attached hydrogens (tertiary/aromatic N) is 2. The number of fused-ring (bicyclic) bond motifs is 2. The second kappa shape index (κ2) is 8.86. The topological polar surface area (TPSA) is 75.2 Å². The summed E-state index contributed by atoms with van der Waals surface area (Å²) in [5.41, 5.74) is 3.73. The lowest BCUT2D eigenvalue weighted by Gasteiger charge is -2.29. The number of aliphatic imine (C=N–C) groups is 1. The van der Waals surface area contributed by atoms with Crippen molar-refractivity contribution < 1.29 is 14.3 Å². The molecule has 0 fully saturated rings. The van der Waals surface area contributed by atoms with Crippen LogP contribution in [0.3, 0.4) is 0 Å². The van der Waals surface area contributed by atoms with Crippen LogP contribution in [0.5, 0.6) is 11.5 Å². The van der Waals surface area contributed by atoms with E-state index in [2.05, 4.69) is 33.8 Å². The summed E-state index contributed by atoms with van der Waals surface area (Å²) in [5.74, 6) is 2.28. The van der Waals surface area contributed by atoms with Crippen molar-refractivity contribution in [3.63, 3.8) is 0 Å². The number of carbonyl (C=O) groups excluding carboxylic acids is 1. The predicted octanol–water partition coefficient (Wildman–Crippen LogP) is 1.71. The molecule has 2 N–H and O–H groups in total. The van der Waals surface area contributed by atoms with Gasteiger partial charge in [-0.25, -0.2) is 0 Å². The minimum Gasteiger partial charge on any atom is -0.454 e. The van der Waals surface area contributed by atoms with Gasteiger partial charge in [-0.05, 0) is 41.7 Å². The Labute approximate surface area is 170 Å². The fourth-order valence-corrected chi connectivity index (χ4v) is 3.62. The van der Waals surface area contributed by atoms with Crippen molar-refractivity contribution in [1.82, 2.24) is 15.5 Å². The number of guanidine groups is 1. The molecule has 7 heteroatoms. The average Bonchev–Trinajstić information content (AvgIpc) is 3.23. The molecule has 0 saturated heterocycles. The smallest absolute Gasteiger partial charge is 0.242 e. The van der Waals surface area contributed by atoms with Gasteiger partial charge in [0.15, 0.2) is 17.5 Å². The van der Waals surface area contributed by atoms with Gasteiger partial charge in [0, 0.05) is 26.7 Å². The molecule has 0 atom stereocenters. The number of hydrogen-bond donors (Lipinski definition) is 2. The summed E-state index contributed by atoms with van der Waals surface area (Å²) in [4.78, 5) is 18.7. The number of benzene rings is 2. The minimum atomic E-state index is 0.0817. The maximum atomic E-state index is 12.6. The molecule has 0 radical (unpaired) electrons. The van der Waals surface area contributed by atoms with Gasteiger partial charge in [-0.3, -0.25) is 9.79 Å². The van der Waals surface area contributed by atoms with Crippen molar-refractivity contribution in [1.29, 1.82) is 0 Å². The van der Waals surface area contributed by atoms with Crippen molar-refractivity contribution in [3.8, 4) is 11.5 Å². The SMILES string of the molecule is CN=C(NCCc1ccc2c(c1)OCO2)NCC(=O)N1CCc2ccccc2C1. The first-order chi connectivity index (χ1) is 14.2. The van der Waals surface area contributed by atoms with Crippen LogP contribution < -0.4 is 20.1 Å². The van der Waals surface area contributed by atoms with E-state index in [-0.39, 0.29) is 19.2 Å². The molecule has 0 spiro atoms. The van der Waals surface area contributed by atoms with E-state index in [9.17, 15) is 4.79 Å². The van der Waals surface area contributed by atoms with E-state index in [1.165, 1.54) is 11.1 Å². The molecule has 2 heterocycles. The lowest BCUT2D eigenvalue weighted by molar-refractivity contribution is -0.130. The predicted molar refractivity (Wildman–Crippen MR) is 111 cm³/mol. The third-order valence-electron chi connectivity index (χ3n) is 5.26. The molecule has 0 unspecified atom stereocenters. The fourth-order valence-electron chi connectivity index (χ4n) is 3.62. The third-order valence-corrected chi connectivity index (χ3v) is 5.26. The largest absolute Gasteiger partial charge is 0.454 e. The summed E-state index contributed by atoms with van der Waals surface area (Å²) in [6.07, 6.45) is 1.72. The quantitative estimate of drug-likeness (QED) is 0.597. The summed E-state index contributed by atoms with van der Waals surface area (Å²) in [7, 11) is 1.71. The van der Waals surface area contributed by atoms with Crippen molar-refractivity contribution in [3.05, 3.63) is 59.2 Å². The van der Waals surface area contributed by atoms with Gasteiger partial charge in [-0.2, -0.15) is 0 Å². The molecule has 0 aromatic heterocycles. The van der Waals surface area contributed by atoms with Gasteiger partial charge < -0.3 is 25.0 Å². The summed E-state index contributed by atoms with van der Waals surface area (Å²) in [6.45, 7) is 2.64. The van der Waals surface area contributed by atoms with Gasteiger partial charge in [0.1, 0.15) is 0 Å². The van der Waals surface area contributed by atoms with Gasteiger partial charge in [-0.15, -0.1) is 0 Å². The highest BCUT2D eigenvalue weighted by atomic mass is 16.7. The first-order valence-electron chi connectivity index (χ1n) is 9.90. The fraction of sp³-hybridized carbons (Fsp3) is 0.364. The second-order valence-corrected chi connectivity index (χ2v) is 7.12. The van der Waals surface area contributed by atoms with E-state index < -0.39 is 0 Å². The van der Waals surface area contributed by atoms with Crippen LogP contribution in [0.2, 0.25) is 0 Å². The van der Waals surface area contributed by atoms with Crippen LogP contribution in [0.4, 0.5) is 0 Å². The zero-order valence-electron chi connectivity index (χ0n) is 16.6. The monoisotopic (exact) mass is 394 g/mol. The second-order valence-electron chi connectivity index (χ2n) is 7.12. The highest BCUT2D eigenvalue weighted by Crippen LogP contribution is 2.32. The Bertz CT molecular complexity index is 913. The Morgan fingerprint density at radius 2 is 1.93 bits per heavy atom. The van der Waals surface area contributed by atoms with Gasteiger partial charge in [0.05, 0.1) is 6.54 Å². The van der Waals surface area contributed by atoms with Gasteiger partial charge in [-0.1, -0.05) is 30.3 Å². The standard InChI is InChI=1S/C22H26N4O3/c1-23-22(24-10-8-16-6-7-19-20(12-16)29-15-28-19)25-13-21(27)26-11-9-17-4-2-3-5-18(17)14-26/h2-7,12H,8-11,13-15H2,1H3,(H2,23,24,25). The maximum absolute atomic E-state index is 12.6. The molecular formula is C22H26N4O3. The molecule has 2 aromatic carbocycles. The van der Waals surface area contributed by atoms with Crippen molar-refractivity contribution in [2.75, 3.05) is 33.5 Å².